The molecule has 1 unspecified atom stereocenters. The molecule has 0 aliphatic carbocycles. The van der Waals surface area contributed by atoms with Crippen LogP contribution in [0.1, 0.15) is 6.92 Å². The molecule has 2 fully saturated rings. The Bertz CT molecular complexity index is 478. The molecule has 0 bridgehead atoms. The van der Waals surface area contributed by atoms with Gasteiger partial charge in [-0.2, -0.15) is 0 Å². The molecule has 8 N–H and O–H groups in total. The van der Waals surface area contributed by atoms with Gasteiger partial charge in [0.05, 0.1) is 13.2 Å². The van der Waals surface area contributed by atoms with Crippen LogP contribution >= 0.6 is 0 Å². The van der Waals surface area contributed by atoms with Gasteiger partial charge in [-0.05, 0) is 0 Å². The normalized spacial score (nSPS) is 46.8. The van der Waals surface area contributed by atoms with Crippen molar-refractivity contribution in [2.75, 3.05) is 13.2 Å². The Labute approximate surface area is 148 Å². The van der Waals surface area contributed by atoms with Gasteiger partial charge in [-0.1, -0.05) is 0 Å². The van der Waals surface area contributed by atoms with Crippen LogP contribution in [-0.2, 0) is 19.0 Å². The fraction of sp³-hybridized carbons (Fsp3) is 0.929. The van der Waals surface area contributed by atoms with Crippen molar-refractivity contribution in [3.8, 4) is 0 Å². The maximum atomic E-state index is 11.4. The third kappa shape index (κ3) is 4.31. The molecule has 2 saturated heterocycles. The van der Waals surface area contributed by atoms with Crippen LogP contribution in [0.4, 0.5) is 0 Å². The van der Waals surface area contributed by atoms with Gasteiger partial charge in [-0.15, -0.1) is 0 Å². The van der Waals surface area contributed by atoms with Crippen LogP contribution in [0.2, 0.25) is 0 Å². The second kappa shape index (κ2) is 8.84. The zero-order valence-electron chi connectivity index (χ0n) is 14.0. The first-order valence-corrected chi connectivity index (χ1v) is 8.06. The monoisotopic (exact) mass is 383 g/mol. The largest absolute Gasteiger partial charge is 0.394 e. The fourth-order valence-corrected chi connectivity index (χ4v) is 2.97. The van der Waals surface area contributed by atoms with E-state index in [0.717, 1.165) is 6.92 Å². The summed E-state index contributed by atoms with van der Waals surface area (Å²) in [4.78, 5) is 11.4. The summed E-state index contributed by atoms with van der Waals surface area (Å²) in [5.41, 5.74) is 0. The molecular weight excluding hydrogens is 358 g/mol. The lowest BCUT2D eigenvalue weighted by Gasteiger charge is -2.46. The quantitative estimate of drug-likeness (QED) is 0.226. The summed E-state index contributed by atoms with van der Waals surface area (Å²) in [6.45, 7) is -0.195. The first-order chi connectivity index (χ1) is 12.2. The van der Waals surface area contributed by atoms with Crippen molar-refractivity contribution in [2.45, 2.75) is 68.3 Å². The molecule has 1 amide bonds. The van der Waals surface area contributed by atoms with Crippen molar-refractivity contribution in [1.82, 2.24) is 5.32 Å². The van der Waals surface area contributed by atoms with Gasteiger partial charge in [-0.25, -0.2) is 0 Å². The van der Waals surface area contributed by atoms with Crippen LogP contribution < -0.4 is 5.32 Å². The van der Waals surface area contributed by atoms with Gasteiger partial charge in [0.15, 0.2) is 12.6 Å². The van der Waals surface area contributed by atoms with E-state index in [2.05, 4.69) is 5.32 Å². The summed E-state index contributed by atoms with van der Waals surface area (Å²) >= 11 is 0. The van der Waals surface area contributed by atoms with Crippen molar-refractivity contribution >= 4 is 5.91 Å². The molecule has 2 aliphatic rings. The van der Waals surface area contributed by atoms with E-state index in [1.165, 1.54) is 0 Å². The maximum Gasteiger partial charge on any atom is 0.217 e. The Morgan fingerprint density at radius 2 is 1.50 bits per heavy atom. The maximum absolute atomic E-state index is 11.4. The smallest absolute Gasteiger partial charge is 0.217 e. The zero-order valence-corrected chi connectivity index (χ0v) is 14.0. The van der Waals surface area contributed by atoms with Gasteiger partial charge in [-0.3, -0.25) is 4.79 Å². The number of hydrogen-bond acceptors (Lipinski definition) is 11. The summed E-state index contributed by atoms with van der Waals surface area (Å²) in [6.07, 6.45) is -13.7. The first-order valence-electron chi connectivity index (χ1n) is 8.06. The third-order valence-corrected chi connectivity index (χ3v) is 4.38. The SMILES string of the molecule is CC(=O)N[C@@H]1[C@@H](O[C@@H]2O[C@H](CO)[C@H](O)C(O)[C@H]2O)[C@H](O)[C@@H](CO)O[C@H]1O. The van der Waals surface area contributed by atoms with Crippen molar-refractivity contribution in [1.29, 1.82) is 0 Å². The third-order valence-electron chi connectivity index (χ3n) is 4.38. The molecule has 2 rings (SSSR count). The van der Waals surface area contributed by atoms with E-state index < -0.39 is 80.5 Å². The lowest BCUT2D eigenvalue weighted by Crippen LogP contribution is -2.67. The highest BCUT2D eigenvalue weighted by Gasteiger charge is 2.50. The van der Waals surface area contributed by atoms with Gasteiger partial charge < -0.3 is 55.3 Å². The minimum atomic E-state index is -1.74. The van der Waals surface area contributed by atoms with E-state index in [1.807, 2.05) is 0 Å². The first kappa shape index (κ1) is 21.4. The van der Waals surface area contributed by atoms with Crippen LogP contribution in [0.25, 0.3) is 0 Å². The number of aliphatic hydroxyl groups is 7. The fourth-order valence-electron chi connectivity index (χ4n) is 2.97. The predicted octanol–water partition coefficient (Wildman–Crippen LogP) is -5.25. The van der Waals surface area contributed by atoms with E-state index >= 15 is 0 Å². The molecule has 2 heterocycles. The number of amides is 1. The Balaban J connectivity index is 2.21. The summed E-state index contributed by atoms with van der Waals surface area (Å²) in [6, 6.07) is -1.28. The van der Waals surface area contributed by atoms with E-state index in [4.69, 9.17) is 14.2 Å². The Morgan fingerprint density at radius 1 is 0.923 bits per heavy atom. The van der Waals surface area contributed by atoms with Crippen molar-refractivity contribution in [3.63, 3.8) is 0 Å². The Hall–Kier alpha value is -0.930. The molecule has 12 heteroatoms. The summed E-state index contributed by atoms with van der Waals surface area (Å²) in [5, 5.41) is 70.7. The molecule has 0 radical (unpaired) electrons. The highest BCUT2D eigenvalue weighted by atomic mass is 16.7. The second-order valence-corrected chi connectivity index (χ2v) is 6.26. The minimum Gasteiger partial charge on any atom is -0.394 e. The highest BCUT2D eigenvalue weighted by Crippen LogP contribution is 2.28. The van der Waals surface area contributed by atoms with Gasteiger partial charge in [0.2, 0.25) is 5.91 Å². The van der Waals surface area contributed by atoms with E-state index in [1.54, 1.807) is 0 Å². The van der Waals surface area contributed by atoms with Crippen LogP contribution in [0.5, 0.6) is 0 Å². The molecule has 10 atom stereocenters. The minimum absolute atomic E-state index is 0.574. The molecule has 152 valence electrons. The van der Waals surface area contributed by atoms with Gasteiger partial charge in [0, 0.05) is 6.92 Å². The summed E-state index contributed by atoms with van der Waals surface area (Å²) in [5.74, 6) is -0.574. The average molecular weight is 383 g/mol. The van der Waals surface area contributed by atoms with E-state index in [9.17, 15) is 40.5 Å². The van der Waals surface area contributed by atoms with Crippen LogP contribution in [0.3, 0.4) is 0 Å². The van der Waals surface area contributed by atoms with Crippen LogP contribution in [0.15, 0.2) is 0 Å². The summed E-state index contributed by atoms with van der Waals surface area (Å²) in [7, 11) is 0. The highest BCUT2D eigenvalue weighted by molar-refractivity contribution is 5.73. The molecular formula is C14H25NO11. The molecule has 0 aromatic heterocycles. The number of carbonyl (C=O) groups excluding carboxylic acids is 1. The van der Waals surface area contributed by atoms with Crippen molar-refractivity contribution in [3.05, 3.63) is 0 Å². The van der Waals surface area contributed by atoms with Gasteiger partial charge in [0.1, 0.15) is 48.8 Å². The lowest BCUT2D eigenvalue weighted by molar-refractivity contribution is -0.341. The van der Waals surface area contributed by atoms with Crippen molar-refractivity contribution in [2.24, 2.45) is 0 Å². The number of rotatable bonds is 5. The molecule has 12 nitrogen and oxygen atoms in total. The molecule has 0 saturated carbocycles. The second-order valence-electron chi connectivity index (χ2n) is 6.26. The summed E-state index contributed by atoms with van der Waals surface area (Å²) < 4.78 is 15.7. The number of aliphatic hydroxyl groups excluding tert-OH is 7. The zero-order chi connectivity index (χ0) is 19.6. The number of carbonyl (C=O) groups is 1. The van der Waals surface area contributed by atoms with Crippen molar-refractivity contribution < 1.29 is 54.8 Å². The molecule has 2 aliphatic heterocycles. The van der Waals surface area contributed by atoms with Crippen LogP contribution in [0, 0.1) is 0 Å². The predicted molar refractivity (Wildman–Crippen MR) is 80.2 cm³/mol. The van der Waals surface area contributed by atoms with Gasteiger partial charge >= 0.3 is 0 Å². The Kier molecular flexibility index (Phi) is 7.27. The molecule has 0 aromatic carbocycles. The molecule has 0 spiro atoms. The molecule has 26 heavy (non-hydrogen) atoms. The number of nitrogens with one attached hydrogen (secondary N) is 1. The topological polar surface area (TPSA) is 198 Å². The number of ether oxygens (including phenoxy) is 3. The molecule has 0 aromatic rings. The Morgan fingerprint density at radius 3 is 2.04 bits per heavy atom. The van der Waals surface area contributed by atoms with Gasteiger partial charge in [0.25, 0.3) is 0 Å². The van der Waals surface area contributed by atoms with Crippen LogP contribution in [-0.4, -0.2) is 116 Å². The van der Waals surface area contributed by atoms with E-state index in [0.29, 0.717) is 0 Å². The average Bonchev–Trinajstić information content (AvgIpc) is 2.60. The van der Waals surface area contributed by atoms with E-state index in [-0.39, 0.29) is 0 Å². The lowest BCUT2D eigenvalue weighted by atomic mass is 9.95. The number of hydrogen-bond donors (Lipinski definition) is 8. The standard InChI is InChI=1S/C14H25NO11/c1-4(18)15-7-12(9(20)6(3-17)24-13(7)23)26-14-11(22)10(21)8(19)5(2-16)25-14/h5-14,16-17,19-23H,2-3H2,1H3,(H,15,18)/t5-,6-,7-,8+,9-,10?,11-,12-,13-,14+/m1/s1.